The Hall–Kier alpha value is -1.36. The second-order valence-electron chi connectivity index (χ2n) is 5.75. The maximum absolute atomic E-state index is 9.80. The van der Waals surface area contributed by atoms with Crippen molar-refractivity contribution in [2.45, 2.75) is 26.0 Å². The van der Waals surface area contributed by atoms with E-state index >= 15 is 0 Å². The third-order valence-electron chi connectivity index (χ3n) is 2.84. The lowest BCUT2D eigenvalue weighted by molar-refractivity contribution is 0.0425. The molecular formula is C15H20ClN3O. The van der Waals surface area contributed by atoms with Gasteiger partial charge in [0.1, 0.15) is 0 Å². The normalized spacial score (nSPS) is 12.1. The van der Waals surface area contributed by atoms with Crippen LogP contribution in [0.15, 0.2) is 36.7 Å². The number of hydrogen-bond acceptors (Lipinski definition) is 3. The topological polar surface area (TPSA) is 41.3 Å². The molecular weight excluding hydrogens is 274 g/mol. The molecule has 0 amide bonds. The van der Waals surface area contributed by atoms with E-state index in [1.165, 1.54) is 0 Å². The van der Waals surface area contributed by atoms with Gasteiger partial charge in [0.05, 0.1) is 17.5 Å². The zero-order chi connectivity index (χ0) is 14.8. The lowest BCUT2D eigenvalue weighted by Crippen LogP contribution is -2.35. The molecule has 0 unspecified atom stereocenters. The van der Waals surface area contributed by atoms with Crippen LogP contribution >= 0.6 is 11.6 Å². The van der Waals surface area contributed by atoms with Gasteiger partial charge < -0.3 is 5.11 Å². The van der Waals surface area contributed by atoms with Gasteiger partial charge in [-0.1, -0.05) is 11.6 Å². The van der Waals surface area contributed by atoms with E-state index in [2.05, 4.69) is 10.00 Å². The molecule has 0 aliphatic carbocycles. The molecule has 1 N–H and O–H groups in total. The predicted octanol–water partition coefficient (Wildman–Crippen LogP) is 2.73. The van der Waals surface area contributed by atoms with Crippen molar-refractivity contribution in [3.8, 4) is 5.69 Å². The number of halogens is 1. The van der Waals surface area contributed by atoms with Crippen LogP contribution in [0.5, 0.6) is 0 Å². The summed E-state index contributed by atoms with van der Waals surface area (Å²) in [6.07, 6.45) is 3.83. The van der Waals surface area contributed by atoms with E-state index in [1.54, 1.807) is 13.8 Å². The Morgan fingerprint density at radius 2 is 1.95 bits per heavy atom. The van der Waals surface area contributed by atoms with Crippen molar-refractivity contribution < 1.29 is 5.11 Å². The highest BCUT2D eigenvalue weighted by molar-refractivity contribution is 6.30. The van der Waals surface area contributed by atoms with E-state index in [0.717, 1.165) is 17.8 Å². The molecule has 0 atom stereocenters. The summed E-state index contributed by atoms with van der Waals surface area (Å²) in [5.74, 6) is 0. The molecule has 0 saturated heterocycles. The molecule has 108 valence electrons. The predicted molar refractivity (Wildman–Crippen MR) is 81.2 cm³/mol. The molecule has 2 aromatic rings. The molecule has 20 heavy (non-hydrogen) atoms. The van der Waals surface area contributed by atoms with Crippen LogP contribution in [0.4, 0.5) is 0 Å². The summed E-state index contributed by atoms with van der Waals surface area (Å²) in [5, 5.41) is 14.9. The first-order valence-corrected chi connectivity index (χ1v) is 6.92. The van der Waals surface area contributed by atoms with Gasteiger partial charge in [0, 0.05) is 29.9 Å². The summed E-state index contributed by atoms with van der Waals surface area (Å²) in [4.78, 5) is 2.07. The van der Waals surface area contributed by atoms with Crippen molar-refractivity contribution in [3.05, 3.63) is 47.2 Å². The highest BCUT2D eigenvalue weighted by atomic mass is 35.5. The minimum absolute atomic E-state index is 0.610. The summed E-state index contributed by atoms with van der Waals surface area (Å²) in [6, 6.07) is 7.55. The average molecular weight is 294 g/mol. The standard InChI is InChI=1S/C15H20ClN3O/c1-15(2,20)11-18(3)9-12-8-17-19(10-12)14-6-4-13(16)5-7-14/h4-8,10,20H,9,11H2,1-3H3. The van der Waals surface area contributed by atoms with Gasteiger partial charge in [-0.2, -0.15) is 5.10 Å². The Bertz CT molecular complexity index is 557. The molecule has 0 saturated carbocycles. The number of likely N-dealkylation sites (N-methyl/N-ethyl adjacent to an activating group) is 1. The molecule has 5 heteroatoms. The SMILES string of the molecule is CN(Cc1cnn(-c2ccc(Cl)cc2)c1)CC(C)(C)O. The van der Waals surface area contributed by atoms with Crippen molar-refractivity contribution in [2.75, 3.05) is 13.6 Å². The van der Waals surface area contributed by atoms with E-state index in [9.17, 15) is 5.11 Å². The van der Waals surface area contributed by atoms with Gasteiger partial charge in [0.15, 0.2) is 0 Å². The van der Waals surface area contributed by atoms with E-state index < -0.39 is 5.60 Å². The molecule has 0 spiro atoms. The van der Waals surface area contributed by atoms with Gasteiger partial charge in [-0.3, -0.25) is 4.90 Å². The summed E-state index contributed by atoms with van der Waals surface area (Å²) in [7, 11) is 1.98. The molecule has 1 heterocycles. The largest absolute Gasteiger partial charge is 0.389 e. The Kier molecular flexibility index (Phi) is 4.48. The lowest BCUT2D eigenvalue weighted by Gasteiger charge is -2.24. The maximum Gasteiger partial charge on any atom is 0.0718 e. The van der Waals surface area contributed by atoms with Crippen LogP contribution in [0.25, 0.3) is 5.69 Å². The Morgan fingerprint density at radius 1 is 1.30 bits per heavy atom. The van der Waals surface area contributed by atoms with Crippen molar-refractivity contribution in [1.29, 1.82) is 0 Å². The maximum atomic E-state index is 9.80. The smallest absolute Gasteiger partial charge is 0.0718 e. The van der Waals surface area contributed by atoms with Crippen molar-refractivity contribution in [2.24, 2.45) is 0 Å². The third-order valence-corrected chi connectivity index (χ3v) is 3.09. The van der Waals surface area contributed by atoms with Crippen LogP contribution in [0.3, 0.4) is 0 Å². The minimum atomic E-state index is -0.694. The highest BCUT2D eigenvalue weighted by Crippen LogP contribution is 2.14. The number of benzene rings is 1. The van der Waals surface area contributed by atoms with E-state index in [0.29, 0.717) is 11.6 Å². The van der Waals surface area contributed by atoms with Gasteiger partial charge in [-0.25, -0.2) is 4.68 Å². The molecule has 4 nitrogen and oxygen atoms in total. The van der Waals surface area contributed by atoms with Gasteiger partial charge in [0.2, 0.25) is 0 Å². The quantitative estimate of drug-likeness (QED) is 0.921. The van der Waals surface area contributed by atoms with Crippen LogP contribution in [-0.4, -0.2) is 39.0 Å². The minimum Gasteiger partial charge on any atom is -0.389 e. The first kappa shape index (κ1) is 15.0. The Labute approximate surface area is 124 Å². The molecule has 0 fully saturated rings. The van der Waals surface area contributed by atoms with Crippen LogP contribution in [0.2, 0.25) is 5.02 Å². The Balaban J connectivity index is 2.04. The molecule has 0 radical (unpaired) electrons. The summed E-state index contributed by atoms with van der Waals surface area (Å²) >= 11 is 5.87. The van der Waals surface area contributed by atoms with Crippen molar-refractivity contribution in [3.63, 3.8) is 0 Å². The van der Waals surface area contributed by atoms with E-state index in [-0.39, 0.29) is 0 Å². The number of aromatic nitrogens is 2. The van der Waals surface area contributed by atoms with Gasteiger partial charge >= 0.3 is 0 Å². The zero-order valence-electron chi connectivity index (χ0n) is 12.0. The Morgan fingerprint density at radius 3 is 2.55 bits per heavy atom. The fourth-order valence-corrected chi connectivity index (χ4v) is 2.33. The monoisotopic (exact) mass is 293 g/mol. The lowest BCUT2D eigenvalue weighted by atomic mass is 10.1. The van der Waals surface area contributed by atoms with Gasteiger partial charge in [-0.05, 0) is 45.2 Å². The average Bonchev–Trinajstić information content (AvgIpc) is 2.75. The van der Waals surface area contributed by atoms with Crippen molar-refractivity contribution in [1.82, 2.24) is 14.7 Å². The van der Waals surface area contributed by atoms with E-state index in [4.69, 9.17) is 11.6 Å². The van der Waals surface area contributed by atoms with Gasteiger partial charge in [-0.15, -0.1) is 0 Å². The van der Waals surface area contributed by atoms with Crippen LogP contribution in [0, 0.1) is 0 Å². The zero-order valence-corrected chi connectivity index (χ0v) is 12.8. The number of nitrogens with zero attached hydrogens (tertiary/aromatic N) is 3. The van der Waals surface area contributed by atoms with E-state index in [1.807, 2.05) is 48.4 Å². The molecule has 2 rings (SSSR count). The van der Waals surface area contributed by atoms with Gasteiger partial charge in [0.25, 0.3) is 0 Å². The number of aliphatic hydroxyl groups is 1. The highest BCUT2D eigenvalue weighted by Gasteiger charge is 2.16. The summed E-state index contributed by atoms with van der Waals surface area (Å²) in [6.45, 7) is 4.97. The molecule has 0 aliphatic rings. The summed E-state index contributed by atoms with van der Waals surface area (Å²) in [5.41, 5.74) is 1.39. The second-order valence-corrected chi connectivity index (χ2v) is 6.19. The summed E-state index contributed by atoms with van der Waals surface area (Å²) < 4.78 is 1.82. The number of rotatable bonds is 5. The van der Waals surface area contributed by atoms with Crippen LogP contribution in [-0.2, 0) is 6.54 Å². The van der Waals surface area contributed by atoms with Crippen molar-refractivity contribution >= 4 is 11.6 Å². The second kappa shape index (κ2) is 5.95. The fourth-order valence-electron chi connectivity index (χ4n) is 2.20. The molecule has 0 aliphatic heterocycles. The third kappa shape index (κ3) is 4.34. The molecule has 0 bridgehead atoms. The first-order chi connectivity index (χ1) is 9.33. The molecule has 1 aromatic heterocycles. The van der Waals surface area contributed by atoms with Crippen LogP contribution in [0.1, 0.15) is 19.4 Å². The van der Waals surface area contributed by atoms with Crippen LogP contribution < -0.4 is 0 Å². The molecule has 1 aromatic carbocycles. The number of hydrogen-bond donors (Lipinski definition) is 1. The fraction of sp³-hybridized carbons (Fsp3) is 0.400. The first-order valence-electron chi connectivity index (χ1n) is 6.54.